The molecule has 0 heterocycles. The van der Waals surface area contributed by atoms with Crippen molar-refractivity contribution in [2.24, 2.45) is 5.73 Å². The summed E-state index contributed by atoms with van der Waals surface area (Å²) < 4.78 is 5.90. The number of hydrogen-bond donors (Lipinski definition) is 2. The van der Waals surface area contributed by atoms with Crippen molar-refractivity contribution in [1.29, 1.82) is 0 Å². The molecule has 0 spiro atoms. The molecule has 18 heavy (non-hydrogen) atoms. The fourth-order valence-electron chi connectivity index (χ4n) is 1.90. The molecular weight excluding hydrogens is 226 g/mol. The molecule has 1 aromatic rings. The van der Waals surface area contributed by atoms with Crippen LogP contribution in [-0.4, -0.2) is 23.9 Å². The first-order chi connectivity index (χ1) is 8.63. The van der Waals surface area contributed by atoms with E-state index < -0.39 is 0 Å². The van der Waals surface area contributed by atoms with Crippen LogP contribution in [0, 0.1) is 0 Å². The highest BCUT2D eigenvalue weighted by Crippen LogP contribution is 2.29. The molecule has 3 N–H and O–H groups in total. The van der Waals surface area contributed by atoms with E-state index in [1.165, 1.54) is 5.56 Å². The van der Waals surface area contributed by atoms with Gasteiger partial charge in [-0.3, -0.25) is 0 Å². The number of nitrogens with two attached hydrogens (primary N) is 1. The highest BCUT2D eigenvalue weighted by molar-refractivity contribution is 5.36. The molecule has 0 aliphatic rings. The highest BCUT2D eigenvalue weighted by Gasteiger charge is 2.19. The maximum atomic E-state index is 9.37. The van der Waals surface area contributed by atoms with E-state index in [1.54, 1.807) is 0 Å². The van der Waals surface area contributed by atoms with Crippen molar-refractivity contribution in [2.45, 2.75) is 51.7 Å². The van der Waals surface area contributed by atoms with Gasteiger partial charge >= 0.3 is 0 Å². The Balaban J connectivity index is 2.88. The van der Waals surface area contributed by atoms with Crippen molar-refractivity contribution in [3.05, 3.63) is 29.8 Å². The van der Waals surface area contributed by atoms with Gasteiger partial charge in [-0.05, 0) is 30.4 Å². The second kappa shape index (κ2) is 7.39. The number of ether oxygens (including phenoxy) is 1. The molecule has 0 fully saturated rings. The van der Waals surface area contributed by atoms with Crippen molar-refractivity contribution in [1.82, 2.24) is 0 Å². The summed E-state index contributed by atoms with van der Waals surface area (Å²) in [5, 5.41) is 9.37. The van der Waals surface area contributed by atoms with Crippen LogP contribution < -0.4 is 10.5 Å². The predicted octanol–water partition coefficient (Wildman–Crippen LogP) is 2.68. The molecule has 0 saturated heterocycles. The minimum absolute atomic E-state index is 0.0517. The second-order valence-corrected chi connectivity index (χ2v) is 4.76. The molecule has 3 heteroatoms. The summed E-state index contributed by atoms with van der Waals surface area (Å²) in [6.07, 6.45) is 1.51. The number of aliphatic hydroxyl groups excluding tert-OH is 1. The van der Waals surface area contributed by atoms with Crippen LogP contribution >= 0.6 is 0 Å². The Morgan fingerprint density at radius 2 is 1.89 bits per heavy atom. The summed E-state index contributed by atoms with van der Waals surface area (Å²) in [6, 6.07) is 7.86. The first-order valence-corrected chi connectivity index (χ1v) is 6.76. The van der Waals surface area contributed by atoms with Crippen LogP contribution in [-0.2, 0) is 0 Å². The van der Waals surface area contributed by atoms with Crippen LogP contribution in [0.2, 0.25) is 0 Å². The van der Waals surface area contributed by atoms with Crippen molar-refractivity contribution >= 4 is 0 Å². The Kier molecular flexibility index (Phi) is 6.16. The van der Waals surface area contributed by atoms with E-state index in [0.717, 1.165) is 18.6 Å². The number of aliphatic hydroxyl groups is 1. The third-order valence-electron chi connectivity index (χ3n) is 3.47. The lowest BCUT2D eigenvalue weighted by Crippen LogP contribution is -2.41. The van der Waals surface area contributed by atoms with Gasteiger partial charge in [0.1, 0.15) is 11.9 Å². The average molecular weight is 251 g/mol. The van der Waals surface area contributed by atoms with Crippen LogP contribution in [0.25, 0.3) is 0 Å². The summed E-state index contributed by atoms with van der Waals surface area (Å²) in [4.78, 5) is 0. The third kappa shape index (κ3) is 3.72. The highest BCUT2D eigenvalue weighted by atomic mass is 16.5. The summed E-state index contributed by atoms with van der Waals surface area (Å²) >= 11 is 0. The fraction of sp³-hybridized carbons (Fsp3) is 0.600. The predicted molar refractivity (Wildman–Crippen MR) is 74.9 cm³/mol. The molecule has 0 radical (unpaired) electrons. The van der Waals surface area contributed by atoms with Gasteiger partial charge < -0.3 is 15.6 Å². The SMILES string of the molecule is CCC(C)c1ccccc1OC(CO)C(N)CC. The number of para-hydroxylation sites is 1. The van der Waals surface area contributed by atoms with Gasteiger partial charge in [0.05, 0.1) is 6.61 Å². The molecule has 3 unspecified atom stereocenters. The Morgan fingerprint density at radius 1 is 1.22 bits per heavy atom. The van der Waals surface area contributed by atoms with Gasteiger partial charge in [0.25, 0.3) is 0 Å². The minimum atomic E-state index is -0.333. The normalized spacial score (nSPS) is 16.1. The van der Waals surface area contributed by atoms with Gasteiger partial charge in [-0.25, -0.2) is 0 Å². The first-order valence-electron chi connectivity index (χ1n) is 6.76. The van der Waals surface area contributed by atoms with E-state index in [9.17, 15) is 5.11 Å². The summed E-state index contributed by atoms with van der Waals surface area (Å²) in [6.45, 7) is 6.28. The summed E-state index contributed by atoms with van der Waals surface area (Å²) in [7, 11) is 0. The van der Waals surface area contributed by atoms with Crippen LogP contribution in [0.15, 0.2) is 24.3 Å². The molecule has 0 saturated carbocycles. The lowest BCUT2D eigenvalue weighted by molar-refractivity contribution is 0.0921. The molecule has 102 valence electrons. The quantitative estimate of drug-likeness (QED) is 0.783. The van der Waals surface area contributed by atoms with Gasteiger partial charge in [-0.1, -0.05) is 39.0 Å². The number of benzene rings is 1. The monoisotopic (exact) mass is 251 g/mol. The maximum Gasteiger partial charge on any atom is 0.137 e. The summed E-state index contributed by atoms with van der Waals surface area (Å²) in [5.74, 6) is 1.29. The van der Waals surface area contributed by atoms with Gasteiger partial charge in [-0.2, -0.15) is 0 Å². The van der Waals surface area contributed by atoms with E-state index in [0.29, 0.717) is 5.92 Å². The number of hydrogen-bond acceptors (Lipinski definition) is 3. The topological polar surface area (TPSA) is 55.5 Å². The van der Waals surface area contributed by atoms with Crippen LogP contribution in [0.1, 0.15) is 45.1 Å². The molecule has 1 rings (SSSR count). The van der Waals surface area contributed by atoms with Gasteiger partial charge in [0.2, 0.25) is 0 Å². The third-order valence-corrected chi connectivity index (χ3v) is 3.47. The average Bonchev–Trinajstić information content (AvgIpc) is 2.43. The molecule has 0 aromatic heterocycles. The van der Waals surface area contributed by atoms with Crippen molar-refractivity contribution in [3.63, 3.8) is 0 Å². The Hall–Kier alpha value is -1.06. The smallest absolute Gasteiger partial charge is 0.137 e. The molecule has 0 aliphatic carbocycles. The Labute approximate surface area is 110 Å². The molecule has 3 nitrogen and oxygen atoms in total. The van der Waals surface area contributed by atoms with Crippen LogP contribution in [0.4, 0.5) is 0 Å². The van der Waals surface area contributed by atoms with E-state index in [4.69, 9.17) is 10.5 Å². The van der Waals surface area contributed by atoms with Crippen LogP contribution in [0.5, 0.6) is 5.75 Å². The number of rotatable bonds is 7. The lowest BCUT2D eigenvalue weighted by atomic mass is 9.97. The van der Waals surface area contributed by atoms with E-state index >= 15 is 0 Å². The molecule has 1 aromatic carbocycles. The molecule has 0 bridgehead atoms. The van der Waals surface area contributed by atoms with E-state index in [2.05, 4.69) is 19.9 Å². The Bertz CT molecular complexity index is 354. The standard InChI is InChI=1S/C15H25NO2/c1-4-11(3)12-8-6-7-9-14(12)18-15(10-17)13(16)5-2/h6-9,11,13,15,17H,4-5,10,16H2,1-3H3. The zero-order chi connectivity index (χ0) is 13.5. The zero-order valence-corrected chi connectivity index (χ0v) is 11.6. The maximum absolute atomic E-state index is 9.37. The van der Waals surface area contributed by atoms with Gasteiger partial charge in [0.15, 0.2) is 0 Å². The lowest BCUT2D eigenvalue weighted by Gasteiger charge is -2.25. The molecular formula is C15H25NO2. The minimum Gasteiger partial charge on any atom is -0.486 e. The van der Waals surface area contributed by atoms with E-state index in [-0.39, 0.29) is 18.8 Å². The van der Waals surface area contributed by atoms with Crippen molar-refractivity contribution < 1.29 is 9.84 Å². The van der Waals surface area contributed by atoms with Gasteiger partial charge in [0, 0.05) is 6.04 Å². The van der Waals surface area contributed by atoms with Crippen molar-refractivity contribution in [2.75, 3.05) is 6.61 Å². The second-order valence-electron chi connectivity index (χ2n) is 4.76. The largest absolute Gasteiger partial charge is 0.486 e. The zero-order valence-electron chi connectivity index (χ0n) is 11.6. The fourth-order valence-corrected chi connectivity index (χ4v) is 1.90. The molecule has 0 amide bonds. The Morgan fingerprint density at radius 3 is 2.44 bits per heavy atom. The molecule has 3 atom stereocenters. The summed E-state index contributed by atoms with van der Waals surface area (Å²) in [5.41, 5.74) is 7.13. The first kappa shape index (κ1) is 15.0. The molecule has 0 aliphatic heterocycles. The van der Waals surface area contributed by atoms with E-state index in [1.807, 2.05) is 25.1 Å². The van der Waals surface area contributed by atoms with Crippen LogP contribution in [0.3, 0.4) is 0 Å². The van der Waals surface area contributed by atoms with Crippen molar-refractivity contribution in [3.8, 4) is 5.75 Å². The van der Waals surface area contributed by atoms with Gasteiger partial charge in [-0.15, -0.1) is 0 Å².